The Hall–Kier alpha value is -3.10. The molecule has 1 heterocycles. The molecule has 0 aromatic heterocycles. The van der Waals surface area contributed by atoms with Gasteiger partial charge in [0, 0.05) is 25.6 Å². The minimum absolute atomic E-state index is 0.0166. The van der Waals surface area contributed by atoms with E-state index in [4.69, 9.17) is 15.9 Å². The highest BCUT2D eigenvalue weighted by Crippen LogP contribution is 2.31. The van der Waals surface area contributed by atoms with Crippen LogP contribution in [0, 0.1) is 5.41 Å². The van der Waals surface area contributed by atoms with Gasteiger partial charge in [0.1, 0.15) is 11.9 Å². The van der Waals surface area contributed by atoms with Crippen molar-refractivity contribution in [2.24, 2.45) is 5.73 Å². The molecule has 1 saturated heterocycles. The van der Waals surface area contributed by atoms with Crippen molar-refractivity contribution in [2.75, 3.05) is 20.7 Å². The Morgan fingerprint density at radius 1 is 1.37 bits per heavy atom. The molecule has 0 saturated carbocycles. The quantitative estimate of drug-likeness (QED) is 0.368. The largest absolute Gasteiger partial charge is 0.469 e. The minimum Gasteiger partial charge on any atom is -0.469 e. The number of nitrogen functional groups attached to an aromatic ring is 1. The number of cyclic esters (lactones) is 1. The van der Waals surface area contributed by atoms with Crippen molar-refractivity contribution >= 4 is 23.8 Å². The van der Waals surface area contributed by atoms with Gasteiger partial charge in [0.15, 0.2) is 0 Å². The molecule has 0 aliphatic carbocycles. The maximum absolute atomic E-state index is 12.1. The molecule has 2 amide bonds. The van der Waals surface area contributed by atoms with Gasteiger partial charge in [-0.3, -0.25) is 15.0 Å². The molecule has 4 N–H and O–H groups in total. The van der Waals surface area contributed by atoms with Crippen molar-refractivity contribution in [1.29, 1.82) is 5.41 Å². The number of hydrogen-bond donors (Lipinski definition) is 3. The molecule has 1 aliphatic rings. The fourth-order valence-electron chi connectivity index (χ4n) is 2.86. The van der Waals surface area contributed by atoms with Gasteiger partial charge >= 0.3 is 12.1 Å². The van der Waals surface area contributed by atoms with Gasteiger partial charge in [-0.05, 0) is 5.56 Å². The maximum Gasteiger partial charge on any atom is 0.410 e. The Morgan fingerprint density at radius 2 is 2.04 bits per heavy atom. The molecule has 2 rings (SSSR count). The van der Waals surface area contributed by atoms with Crippen LogP contribution in [-0.4, -0.2) is 55.5 Å². The van der Waals surface area contributed by atoms with Crippen LogP contribution < -0.4 is 11.1 Å². The van der Waals surface area contributed by atoms with E-state index in [1.807, 2.05) is 12.1 Å². The molecule has 0 unspecified atom stereocenters. The summed E-state index contributed by atoms with van der Waals surface area (Å²) in [6.45, 7) is 0.169. The van der Waals surface area contributed by atoms with Crippen LogP contribution in [0.2, 0.25) is 0 Å². The number of nitrogens with two attached hydrogens (primary N) is 1. The zero-order valence-corrected chi connectivity index (χ0v) is 15.4. The number of amides is 2. The predicted molar refractivity (Wildman–Crippen MR) is 97.1 cm³/mol. The van der Waals surface area contributed by atoms with E-state index in [0.717, 1.165) is 5.56 Å². The average molecular weight is 376 g/mol. The third kappa shape index (κ3) is 5.44. The first kappa shape index (κ1) is 20.2. The summed E-state index contributed by atoms with van der Waals surface area (Å²) in [4.78, 5) is 36.7. The number of hydrogen-bond acceptors (Lipinski definition) is 6. The molecule has 9 nitrogen and oxygen atoms in total. The lowest BCUT2D eigenvalue weighted by Crippen LogP contribution is -2.43. The number of methoxy groups -OCH3 is 1. The number of nitrogens with zero attached hydrogens (tertiary/aromatic N) is 1. The topological polar surface area (TPSA) is 135 Å². The van der Waals surface area contributed by atoms with Gasteiger partial charge in [-0.2, -0.15) is 0 Å². The SMILES string of the molecule is COC(=O)CCNC(=O)C[C@H]1C[C@@H](c2ccc(C(=N)N)cc2)N(C)C(=O)O1. The highest BCUT2D eigenvalue weighted by atomic mass is 16.6. The number of esters is 1. The summed E-state index contributed by atoms with van der Waals surface area (Å²) in [6, 6.07) is 6.81. The van der Waals surface area contributed by atoms with Gasteiger partial charge < -0.3 is 25.4 Å². The second kappa shape index (κ2) is 9.02. The van der Waals surface area contributed by atoms with Gasteiger partial charge in [-0.1, -0.05) is 24.3 Å². The van der Waals surface area contributed by atoms with E-state index in [1.165, 1.54) is 12.0 Å². The summed E-state index contributed by atoms with van der Waals surface area (Å²) in [5.74, 6) is -0.735. The number of ether oxygens (including phenoxy) is 2. The first-order valence-corrected chi connectivity index (χ1v) is 8.53. The summed E-state index contributed by atoms with van der Waals surface area (Å²) >= 11 is 0. The molecule has 27 heavy (non-hydrogen) atoms. The number of carbonyl (C=O) groups excluding carboxylic acids is 3. The Bertz CT molecular complexity index is 719. The lowest BCUT2D eigenvalue weighted by molar-refractivity contribution is -0.140. The smallest absolute Gasteiger partial charge is 0.410 e. The molecule has 1 aliphatic heterocycles. The van der Waals surface area contributed by atoms with Crippen LogP contribution in [0.1, 0.15) is 36.4 Å². The maximum atomic E-state index is 12.1. The highest BCUT2D eigenvalue weighted by Gasteiger charge is 2.34. The predicted octanol–water partition coefficient (Wildman–Crippen LogP) is 0.922. The van der Waals surface area contributed by atoms with Crippen LogP contribution in [0.3, 0.4) is 0 Å². The molecule has 9 heteroatoms. The molecular weight excluding hydrogens is 352 g/mol. The molecule has 1 aromatic carbocycles. The molecular formula is C18H24N4O5. The lowest BCUT2D eigenvalue weighted by atomic mass is 9.95. The number of carbonyl (C=O) groups is 3. The van der Waals surface area contributed by atoms with Gasteiger partial charge in [0.2, 0.25) is 5.91 Å². The Labute approximate surface area is 157 Å². The molecule has 0 spiro atoms. The molecule has 2 atom stereocenters. The van der Waals surface area contributed by atoms with E-state index in [-0.39, 0.29) is 37.2 Å². The summed E-state index contributed by atoms with van der Waals surface area (Å²) < 4.78 is 9.82. The third-order valence-electron chi connectivity index (χ3n) is 4.41. The van der Waals surface area contributed by atoms with E-state index in [1.54, 1.807) is 19.2 Å². The van der Waals surface area contributed by atoms with Crippen molar-refractivity contribution in [1.82, 2.24) is 10.2 Å². The van der Waals surface area contributed by atoms with Gasteiger partial charge in [0.05, 0.1) is 26.0 Å². The molecule has 1 fully saturated rings. The van der Waals surface area contributed by atoms with Gasteiger partial charge in [-0.25, -0.2) is 4.79 Å². The molecule has 1 aromatic rings. The van der Waals surface area contributed by atoms with Crippen LogP contribution in [0.15, 0.2) is 24.3 Å². The van der Waals surface area contributed by atoms with Crippen LogP contribution in [-0.2, 0) is 19.1 Å². The molecule has 0 radical (unpaired) electrons. The van der Waals surface area contributed by atoms with E-state index in [0.29, 0.717) is 12.0 Å². The lowest BCUT2D eigenvalue weighted by Gasteiger charge is -2.36. The van der Waals surface area contributed by atoms with Crippen molar-refractivity contribution in [2.45, 2.75) is 31.4 Å². The Kier molecular flexibility index (Phi) is 6.75. The third-order valence-corrected chi connectivity index (χ3v) is 4.41. The fraction of sp³-hybridized carbons (Fsp3) is 0.444. The summed E-state index contributed by atoms with van der Waals surface area (Å²) in [6.07, 6.45) is -0.520. The van der Waals surface area contributed by atoms with Crippen LogP contribution in [0.25, 0.3) is 0 Å². The Balaban J connectivity index is 1.97. The van der Waals surface area contributed by atoms with Crippen LogP contribution >= 0.6 is 0 Å². The van der Waals surface area contributed by atoms with Crippen molar-refractivity contribution in [3.8, 4) is 0 Å². The van der Waals surface area contributed by atoms with Gasteiger partial charge in [0.25, 0.3) is 0 Å². The van der Waals surface area contributed by atoms with E-state index >= 15 is 0 Å². The number of rotatable bonds is 7. The van der Waals surface area contributed by atoms with Gasteiger partial charge in [-0.15, -0.1) is 0 Å². The first-order valence-electron chi connectivity index (χ1n) is 8.53. The average Bonchev–Trinajstić information content (AvgIpc) is 2.64. The molecule has 146 valence electrons. The monoisotopic (exact) mass is 376 g/mol. The number of nitrogens with one attached hydrogen (secondary N) is 2. The normalized spacial score (nSPS) is 19.2. The zero-order chi connectivity index (χ0) is 20.0. The first-order chi connectivity index (χ1) is 12.8. The highest BCUT2D eigenvalue weighted by molar-refractivity contribution is 5.94. The van der Waals surface area contributed by atoms with Crippen LogP contribution in [0.4, 0.5) is 4.79 Å². The summed E-state index contributed by atoms with van der Waals surface area (Å²) in [5.41, 5.74) is 6.93. The summed E-state index contributed by atoms with van der Waals surface area (Å²) in [5, 5.41) is 10.1. The van der Waals surface area contributed by atoms with Crippen LogP contribution in [0.5, 0.6) is 0 Å². The zero-order valence-electron chi connectivity index (χ0n) is 15.4. The van der Waals surface area contributed by atoms with E-state index in [9.17, 15) is 14.4 Å². The number of amidine groups is 1. The van der Waals surface area contributed by atoms with E-state index < -0.39 is 18.2 Å². The summed E-state index contributed by atoms with van der Waals surface area (Å²) in [7, 11) is 2.92. The van der Waals surface area contributed by atoms with Crippen molar-refractivity contribution < 1.29 is 23.9 Å². The standard InChI is InChI=1S/C18H24N4O5/c1-22-14(11-3-5-12(6-4-11)17(19)20)9-13(27-18(22)25)10-15(23)21-8-7-16(24)26-2/h3-6,13-14H,7-10H2,1-2H3,(H3,19,20)(H,21,23)/t13-,14+/m1/s1. The van der Waals surface area contributed by atoms with Crippen molar-refractivity contribution in [3.63, 3.8) is 0 Å². The van der Waals surface area contributed by atoms with E-state index in [2.05, 4.69) is 10.1 Å². The number of benzene rings is 1. The second-order valence-corrected chi connectivity index (χ2v) is 6.28. The fourth-order valence-corrected chi connectivity index (χ4v) is 2.86. The Morgan fingerprint density at radius 3 is 2.63 bits per heavy atom. The van der Waals surface area contributed by atoms with Crippen molar-refractivity contribution in [3.05, 3.63) is 35.4 Å². The molecule has 0 bridgehead atoms. The second-order valence-electron chi connectivity index (χ2n) is 6.28. The minimum atomic E-state index is -0.565.